The third-order valence-electron chi connectivity index (χ3n) is 2.44. The van der Waals surface area contributed by atoms with Gasteiger partial charge in [0.2, 0.25) is 10.0 Å². The summed E-state index contributed by atoms with van der Waals surface area (Å²) in [5.41, 5.74) is 5.30. The third kappa shape index (κ3) is 5.33. The molecular formula is C11H14F4N2O2S. The highest BCUT2D eigenvalue weighted by Crippen LogP contribution is 2.22. The van der Waals surface area contributed by atoms with Gasteiger partial charge in [0.15, 0.2) is 0 Å². The quantitative estimate of drug-likeness (QED) is 0.481. The summed E-state index contributed by atoms with van der Waals surface area (Å²) in [7, 11) is -4.03. The molecule has 0 aliphatic carbocycles. The van der Waals surface area contributed by atoms with Gasteiger partial charge in [-0.1, -0.05) is 0 Å². The molecule has 20 heavy (non-hydrogen) atoms. The minimum absolute atomic E-state index is 0.0218. The van der Waals surface area contributed by atoms with Gasteiger partial charge in [0.1, 0.15) is 10.7 Å². The fourth-order valence-electron chi connectivity index (χ4n) is 1.48. The number of sulfonamides is 1. The predicted molar refractivity (Wildman–Crippen MR) is 65.9 cm³/mol. The lowest BCUT2D eigenvalue weighted by Crippen LogP contribution is -2.26. The molecule has 0 radical (unpaired) electrons. The average molecular weight is 314 g/mol. The van der Waals surface area contributed by atoms with Gasteiger partial charge in [-0.05, 0) is 31.0 Å². The monoisotopic (exact) mass is 314 g/mol. The Labute approximate surface area is 114 Å². The average Bonchev–Trinajstić information content (AvgIpc) is 2.30. The van der Waals surface area contributed by atoms with Crippen molar-refractivity contribution >= 4 is 15.7 Å². The first kappa shape index (κ1) is 16.7. The van der Waals surface area contributed by atoms with Gasteiger partial charge >= 0.3 is 6.18 Å². The third-order valence-corrected chi connectivity index (χ3v) is 3.96. The summed E-state index contributed by atoms with van der Waals surface area (Å²) in [6.07, 6.45) is -5.40. The van der Waals surface area contributed by atoms with E-state index in [-0.39, 0.29) is 25.1 Å². The number of nitrogen functional groups attached to an aromatic ring is 1. The standard InChI is InChI=1S/C11H14F4N2O2S/c12-8-3-4-9(16)10(7-8)20(18,19)17-6-2-1-5-11(13,14)15/h3-4,7,17H,1-2,5-6,16H2. The summed E-state index contributed by atoms with van der Waals surface area (Å²) < 4.78 is 74.3. The van der Waals surface area contributed by atoms with E-state index in [2.05, 4.69) is 4.72 Å². The maximum atomic E-state index is 13.0. The Hall–Kier alpha value is -1.35. The number of hydrogen-bond acceptors (Lipinski definition) is 3. The van der Waals surface area contributed by atoms with E-state index in [1.807, 2.05) is 0 Å². The second-order valence-electron chi connectivity index (χ2n) is 4.15. The van der Waals surface area contributed by atoms with E-state index in [4.69, 9.17) is 5.73 Å². The maximum absolute atomic E-state index is 13.0. The Morgan fingerprint density at radius 1 is 1.20 bits per heavy atom. The molecule has 114 valence electrons. The van der Waals surface area contributed by atoms with Crippen LogP contribution in [-0.4, -0.2) is 21.1 Å². The number of anilines is 1. The van der Waals surface area contributed by atoms with Crippen molar-refractivity contribution < 1.29 is 26.0 Å². The Morgan fingerprint density at radius 2 is 1.85 bits per heavy atom. The van der Waals surface area contributed by atoms with Crippen LogP contribution >= 0.6 is 0 Å². The number of unbranched alkanes of at least 4 members (excludes halogenated alkanes) is 1. The van der Waals surface area contributed by atoms with Crippen molar-refractivity contribution in [2.75, 3.05) is 12.3 Å². The normalized spacial score (nSPS) is 12.6. The summed E-state index contributed by atoms with van der Waals surface area (Å²) in [6.45, 7) is -0.172. The van der Waals surface area contributed by atoms with Crippen molar-refractivity contribution in [3.8, 4) is 0 Å². The van der Waals surface area contributed by atoms with Crippen LogP contribution in [0.25, 0.3) is 0 Å². The number of alkyl halides is 3. The highest BCUT2D eigenvalue weighted by molar-refractivity contribution is 7.89. The van der Waals surface area contributed by atoms with Crippen LogP contribution in [0.1, 0.15) is 19.3 Å². The Balaban J connectivity index is 2.56. The fraction of sp³-hybridized carbons (Fsp3) is 0.455. The van der Waals surface area contributed by atoms with Gasteiger partial charge in [-0.2, -0.15) is 13.2 Å². The van der Waals surface area contributed by atoms with Crippen LogP contribution in [0.2, 0.25) is 0 Å². The van der Waals surface area contributed by atoms with Gasteiger partial charge in [-0.3, -0.25) is 0 Å². The molecule has 4 nitrogen and oxygen atoms in total. The molecule has 0 aliphatic rings. The summed E-state index contributed by atoms with van der Waals surface area (Å²) in [4.78, 5) is -0.423. The van der Waals surface area contributed by atoms with Crippen molar-refractivity contribution in [1.29, 1.82) is 0 Å². The first-order valence-corrected chi connectivity index (χ1v) is 7.21. The summed E-state index contributed by atoms with van der Waals surface area (Å²) in [5.74, 6) is -0.767. The highest BCUT2D eigenvalue weighted by Gasteiger charge is 2.26. The van der Waals surface area contributed by atoms with Gasteiger partial charge in [0.05, 0.1) is 5.69 Å². The Kier molecular flexibility index (Phi) is 5.35. The van der Waals surface area contributed by atoms with Crippen LogP contribution in [0.15, 0.2) is 23.1 Å². The van der Waals surface area contributed by atoms with Gasteiger partial charge in [0, 0.05) is 13.0 Å². The van der Waals surface area contributed by atoms with Crippen molar-refractivity contribution in [3.05, 3.63) is 24.0 Å². The largest absolute Gasteiger partial charge is 0.398 e. The van der Waals surface area contributed by atoms with Crippen LogP contribution in [-0.2, 0) is 10.0 Å². The SMILES string of the molecule is Nc1ccc(F)cc1S(=O)(=O)NCCCCC(F)(F)F. The summed E-state index contributed by atoms with van der Waals surface area (Å²) >= 11 is 0. The second-order valence-corrected chi connectivity index (χ2v) is 5.89. The highest BCUT2D eigenvalue weighted by atomic mass is 32.2. The molecule has 0 fully saturated rings. The van der Waals surface area contributed by atoms with Gasteiger partial charge in [-0.25, -0.2) is 17.5 Å². The van der Waals surface area contributed by atoms with Crippen molar-refractivity contribution in [1.82, 2.24) is 4.72 Å². The van der Waals surface area contributed by atoms with E-state index in [0.29, 0.717) is 0 Å². The van der Waals surface area contributed by atoms with Gasteiger partial charge < -0.3 is 5.73 Å². The number of halogens is 4. The van der Waals surface area contributed by atoms with Crippen LogP contribution in [0.5, 0.6) is 0 Å². The van der Waals surface area contributed by atoms with Crippen LogP contribution in [0, 0.1) is 5.82 Å². The molecule has 0 aliphatic heterocycles. The number of hydrogen-bond donors (Lipinski definition) is 2. The zero-order valence-corrected chi connectivity index (χ0v) is 11.2. The molecule has 1 aromatic rings. The summed E-state index contributed by atoms with van der Waals surface area (Å²) in [5, 5.41) is 0. The Morgan fingerprint density at radius 3 is 2.45 bits per heavy atom. The minimum atomic E-state index is -4.26. The van der Waals surface area contributed by atoms with Crippen molar-refractivity contribution in [2.45, 2.75) is 30.3 Å². The van der Waals surface area contributed by atoms with Crippen LogP contribution in [0.4, 0.5) is 23.2 Å². The van der Waals surface area contributed by atoms with E-state index in [1.54, 1.807) is 0 Å². The van der Waals surface area contributed by atoms with E-state index >= 15 is 0 Å². The zero-order chi connectivity index (χ0) is 15.4. The first-order chi connectivity index (χ1) is 9.12. The van der Waals surface area contributed by atoms with Crippen LogP contribution < -0.4 is 10.5 Å². The predicted octanol–water partition coefficient (Wildman–Crippen LogP) is 2.42. The lowest BCUT2D eigenvalue weighted by atomic mass is 10.2. The molecule has 0 atom stereocenters. The van der Waals surface area contributed by atoms with E-state index in [9.17, 15) is 26.0 Å². The minimum Gasteiger partial charge on any atom is -0.398 e. The molecule has 0 amide bonds. The number of benzene rings is 1. The molecular weight excluding hydrogens is 300 g/mol. The number of nitrogens with two attached hydrogens (primary N) is 1. The smallest absolute Gasteiger partial charge is 0.389 e. The molecule has 0 saturated heterocycles. The molecule has 0 unspecified atom stereocenters. The van der Waals surface area contributed by atoms with Gasteiger partial charge in [0.25, 0.3) is 0 Å². The molecule has 0 heterocycles. The number of rotatable bonds is 6. The lowest BCUT2D eigenvalue weighted by Gasteiger charge is -2.09. The summed E-state index contributed by atoms with van der Waals surface area (Å²) in [6, 6.07) is 2.87. The van der Waals surface area contributed by atoms with Crippen LogP contribution in [0.3, 0.4) is 0 Å². The molecule has 1 aromatic carbocycles. The maximum Gasteiger partial charge on any atom is 0.389 e. The zero-order valence-electron chi connectivity index (χ0n) is 10.4. The van der Waals surface area contributed by atoms with E-state index < -0.39 is 33.3 Å². The van der Waals surface area contributed by atoms with E-state index in [0.717, 1.165) is 18.2 Å². The van der Waals surface area contributed by atoms with Crippen molar-refractivity contribution in [2.24, 2.45) is 0 Å². The van der Waals surface area contributed by atoms with Crippen molar-refractivity contribution in [3.63, 3.8) is 0 Å². The molecule has 1 rings (SSSR count). The molecule has 3 N–H and O–H groups in total. The topological polar surface area (TPSA) is 72.2 Å². The Bertz CT molecular complexity index is 558. The first-order valence-electron chi connectivity index (χ1n) is 5.73. The molecule has 0 bridgehead atoms. The second kappa shape index (κ2) is 6.40. The van der Waals surface area contributed by atoms with Gasteiger partial charge in [-0.15, -0.1) is 0 Å². The molecule has 0 aromatic heterocycles. The molecule has 0 spiro atoms. The fourth-order valence-corrected chi connectivity index (χ4v) is 2.69. The van der Waals surface area contributed by atoms with E-state index in [1.165, 1.54) is 0 Å². The molecule has 0 saturated carbocycles. The number of nitrogens with one attached hydrogen (secondary N) is 1. The lowest BCUT2D eigenvalue weighted by molar-refractivity contribution is -0.135. The molecule has 9 heteroatoms.